The zero-order chi connectivity index (χ0) is 21.1. The first-order valence-corrected chi connectivity index (χ1v) is 9.71. The van der Waals surface area contributed by atoms with Gasteiger partial charge in [0, 0.05) is 35.3 Å². The highest BCUT2D eigenvalue weighted by Gasteiger charge is 2.18. The Morgan fingerprint density at radius 3 is 2.70 bits per heavy atom. The van der Waals surface area contributed by atoms with Gasteiger partial charge in [0.05, 0.1) is 5.69 Å². The van der Waals surface area contributed by atoms with Crippen LogP contribution in [0.4, 0.5) is 4.39 Å². The van der Waals surface area contributed by atoms with Gasteiger partial charge in [-0.3, -0.25) is 9.59 Å². The van der Waals surface area contributed by atoms with Gasteiger partial charge in [-0.15, -0.1) is 0 Å². The molecule has 1 amide bonds. The molecule has 1 unspecified atom stereocenters. The lowest BCUT2D eigenvalue weighted by atomic mass is 10.1. The first-order chi connectivity index (χ1) is 14.5. The van der Waals surface area contributed by atoms with Crippen LogP contribution in [0.5, 0.6) is 0 Å². The molecule has 30 heavy (non-hydrogen) atoms. The van der Waals surface area contributed by atoms with E-state index >= 15 is 0 Å². The molecule has 4 aromatic rings. The fourth-order valence-electron chi connectivity index (χ4n) is 3.39. The van der Waals surface area contributed by atoms with Crippen LogP contribution in [-0.4, -0.2) is 27.2 Å². The molecule has 0 radical (unpaired) electrons. The molecule has 152 valence electrons. The standard InChI is InChI=1S/C23H21FN4O2/c1-15(23(30)25-13-12-17-14-26-21-5-3-2-4-19(17)21)28-22(29)11-10-20(27-28)16-6-8-18(24)9-7-16/h2-11,14-15,26H,12-13H2,1H3,(H,25,30). The zero-order valence-electron chi connectivity index (χ0n) is 16.4. The van der Waals surface area contributed by atoms with Crippen molar-refractivity contribution in [3.8, 4) is 11.3 Å². The Bertz CT molecular complexity index is 1240. The van der Waals surface area contributed by atoms with Crippen LogP contribution in [-0.2, 0) is 11.2 Å². The molecule has 0 fully saturated rings. The van der Waals surface area contributed by atoms with E-state index in [2.05, 4.69) is 15.4 Å². The number of amides is 1. The lowest BCUT2D eigenvalue weighted by Crippen LogP contribution is -2.37. The molecule has 6 nitrogen and oxygen atoms in total. The minimum Gasteiger partial charge on any atom is -0.361 e. The maximum atomic E-state index is 13.2. The molecular formula is C23H21FN4O2. The number of para-hydroxylation sites is 1. The highest BCUT2D eigenvalue weighted by atomic mass is 19.1. The Hall–Kier alpha value is -3.74. The number of fused-ring (bicyclic) bond motifs is 1. The van der Waals surface area contributed by atoms with E-state index in [1.807, 2.05) is 30.5 Å². The quantitative estimate of drug-likeness (QED) is 0.517. The predicted molar refractivity (Wildman–Crippen MR) is 114 cm³/mol. The first kappa shape index (κ1) is 19.6. The number of nitrogens with zero attached hydrogens (tertiary/aromatic N) is 2. The minimum atomic E-state index is -0.777. The number of nitrogens with one attached hydrogen (secondary N) is 2. The number of hydrogen-bond donors (Lipinski definition) is 2. The number of H-pyrrole nitrogens is 1. The number of carbonyl (C=O) groups is 1. The van der Waals surface area contributed by atoms with Crippen LogP contribution in [0.25, 0.3) is 22.2 Å². The van der Waals surface area contributed by atoms with E-state index in [9.17, 15) is 14.0 Å². The Labute approximate surface area is 172 Å². The summed E-state index contributed by atoms with van der Waals surface area (Å²) in [7, 11) is 0. The normalized spacial score (nSPS) is 12.1. The predicted octanol–water partition coefficient (Wildman–Crippen LogP) is 3.45. The zero-order valence-corrected chi connectivity index (χ0v) is 16.4. The largest absolute Gasteiger partial charge is 0.361 e. The summed E-state index contributed by atoms with van der Waals surface area (Å²) in [6.45, 7) is 2.07. The van der Waals surface area contributed by atoms with Crippen LogP contribution in [0.2, 0.25) is 0 Å². The number of benzene rings is 2. The molecule has 2 N–H and O–H groups in total. The summed E-state index contributed by atoms with van der Waals surface area (Å²) in [5.74, 6) is -0.643. The molecule has 0 aliphatic heterocycles. The van der Waals surface area contributed by atoms with E-state index in [4.69, 9.17) is 0 Å². The molecule has 0 aliphatic rings. The van der Waals surface area contributed by atoms with Crippen molar-refractivity contribution in [1.29, 1.82) is 0 Å². The van der Waals surface area contributed by atoms with Crippen molar-refractivity contribution in [2.75, 3.05) is 6.54 Å². The molecule has 2 aromatic heterocycles. The third kappa shape index (κ3) is 4.00. The van der Waals surface area contributed by atoms with Gasteiger partial charge in [0.15, 0.2) is 0 Å². The molecule has 0 saturated carbocycles. The molecule has 0 saturated heterocycles. The summed E-state index contributed by atoms with van der Waals surface area (Å²) >= 11 is 0. The molecule has 0 bridgehead atoms. The Morgan fingerprint density at radius 2 is 1.90 bits per heavy atom. The molecule has 0 aliphatic carbocycles. The third-order valence-electron chi connectivity index (χ3n) is 5.08. The lowest BCUT2D eigenvalue weighted by Gasteiger charge is -2.15. The number of aromatic amines is 1. The number of rotatable bonds is 6. The van der Waals surface area contributed by atoms with E-state index in [0.717, 1.165) is 21.1 Å². The summed E-state index contributed by atoms with van der Waals surface area (Å²) in [4.78, 5) is 28.1. The van der Waals surface area contributed by atoms with Gasteiger partial charge in [0.25, 0.3) is 5.56 Å². The van der Waals surface area contributed by atoms with Crippen molar-refractivity contribution in [3.05, 3.63) is 88.6 Å². The highest BCUT2D eigenvalue weighted by Crippen LogP contribution is 2.18. The average Bonchev–Trinajstić information content (AvgIpc) is 3.17. The van der Waals surface area contributed by atoms with Gasteiger partial charge in [-0.2, -0.15) is 5.10 Å². The SMILES string of the molecule is CC(C(=O)NCCc1c[nH]c2ccccc12)n1nc(-c2ccc(F)cc2)ccc1=O. The van der Waals surface area contributed by atoms with E-state index in [1.165, 1.54) is 18.2 Å². The lowest BCUT2D eigenvalue weighted by molar-refractivity contribution is -0.124. The van der Waals surface area contributed by atoms with Crippen LogP contribution in [0.1, 0.15) is 18.5 Å². The van der Waals surface area contributed by atoms with E-state index in [1.54, 1.807) is 25.1 Å². The van der Waals surface area contributed by atoms with Gasteiger partial charge in [-0.1, -0.05) is 18.2 Å². The molecule has 4 rings (SSSR count). The summed E-state index contributed by atoms with van der Waals surface area (Å²) in [6, 6.07) is 16.0. The molecule has 0 spiro atoms. The second kappa shape index (κ2) is 8.32. The topological polar surface area (TPSA) is 79.8 Å². The summed E-state index contributed by atoms with van der Waals surface area (Å²) < 4.78 is 14.3. The highest BCUT2D eigenvalue weighted by molar-refractivity contribution is 5.83. The van der Waals surface area contributed by atoms with Crippen molar-refractivity contribution >= 4 is 16.8 Å². The monoisotopic (exact) mass is 404 g/mol. The van der Waals surface area contributed by atoms with Crippen LogP contribution < -0.4 is 10.9 Å². The van der Waals surface area contributed by atoms with Gasteiger partial charge in [0.2, 0.25) is 5.91 Å². The van der Waals surface area contributed by atoms with Gasteiger partial charge in [-0.05, 0) is 55.3 Å². The number of carbonyl (C=O) groups excluding carboxylic acids is 1. The molecule has 7 heteroatoms. The third-order valence-corrected chi connectivity index (χ3v) is 5.08. The Morgan fingerprint density at radius 1 is 1.13 bits per heavy atom. The van der Waals surface area contributed by atoms with Gasteiger partial charge >= 0.3 is 0 Å². The maximum Gasteiger partial charge on any atom is 0.267 e. The van der Waals surface area contributed by atoms with Gasteiger partial charge in [0.1, 0.15) is 11.9 Å². The average molecular weight is 404 g/mol. The van der Waals surface area contributed by atoms with Crippen LogP contribution >= 0.6 is 0 Å². The van der Waals surface area contributed by atoms with Crippen molar-refractivity contribution in [1.82, 2.24) is 20.1 Å². The van der Waals surface area contributed by atoms with Crippen LogP contribution in [0, 0.1) is 5.82 Å². The van der Waals surface area contributed by atoms with Gasteiger partial charge < -0.3 is 10.3 Å². The molecular weight excluding hydrogens is 383 g/mol. The number of hydrogen-bond acceptors (Lipinski definition) is 3. The fraction of sp³-hybridized carbons (Fsp3) is 0.174. The van der Waals surface area contributed by atoms with Crippen molar-refractivity contribution < 1.29 is 9.18 Å². The summed E-state index contributed by atoms with van der Waals surface area (Å²) in [5, 5.41) is 8.31. The fourth-order valence-corrected chi connectivity index (χ4v) is 3.39. The summed E-state index contributed by atoms with van der Waals surface area (Å²) in [5.41, 5.74) is 2.96. The molecule has 2 aromatic carbocycles. The first-order valence-electron chi connectivity index (χ1n) is 9.71. The number of halogens is 1. The Kier molecular flexibility index (Phi) is 5.43. The molecule has 2 heterocycles. The van der Waals surface area contributed by atoms with E-state index in [-0.39, 0.29) is 17.3 Å². The van der Waals surface area contributed by atoms with Crippen molar-refractivity contribution in [2.24, 2.45) is 0 Å². The van der Waals surface area contributed by atoms with Crippen LogP contribution in [0.3, 0.4) is 0 Å². The van der Waals surface area contributed by atoms with Crippen LogP contribution in [0.15, 0.2) is 71.7 Å². The minimum absolute atomic E-state index is 0.291. The van der Waals surface area contributed by atoms with Crippen molar-refractivity contribution in [2.45, 2.75) is 19.4 Å². The smallest absolute Gasteiger partial charge is 0.267 e. The number of aromatic nitrogens is 3. The van der Waals surface area contributed by atoms with Gasteiger partial charge in [-0.25, -0.2) is 9.07 Å². The second-order valence-electron chi connectivity index (χ2n) is 7.08. The Balaban J connectivity index is 1.45. The second-order valence-corrected chi connectivity index (χ2v) is 7.08. The van der Waals surface area contributed by atoms with Crippen molar-refractivity contribution in [3.63, 3.8) is 0 Å². The summed E-state index contributed by atoms with van der Waals surface area (Å²) in [6.07, 6.45) is 2.61. The van der Waals surface area contributed by atoms with E-state index in [0.29, 0.717) is 24.2 Å². The van der Waals surface area contributed by atoms with E-state index < -0.39 is 6.04 Å². The molecule has 1 atom stereocenters. The maximum absolute atomic E-state index is 13.2.